The van der Waals surface area contributed by atoms with Crippen molar-refractivity contribution in [2.45, 2.75) is 19.3 Å². The highest BCUT2D eigenvalue weighted by atomic mass is 15.1. The first kappa shape index (κ1) is 77.3. The molecule has 0 unspecified atom stereocenters. The van der Waals surface area contributed by atoms with E-state index < -0.39 is 0 Å². The average molecular weight is 1660 g/mol. The van der Waals surface area contributed by atoms with Crippen LogP contribution in [0.3, 0.4) is 0 Å². The van der Waals surface area contributed by atoms with E-state index in [0.29, 0.717) is 58.1 Å². The summed E-state index contributed by atoms with van der Waals surface area (Å²) >= 11 is 0. The Kier molecular flexibility index (Phi) is 20.7. The third-order valence-electron chi connectivity index (χ3n) is 22.8. The molecule has 0 atom stereocenters. The highest BCUT2D eigenvalue weighted by Gasteiger charge is 2.29. The monoisotopic (exact) mass is 1660 g/mol. The average Bonchev–Trinajstić information content (AvgIpc) is 1.61. The van der Waals surface area contributed by atoms with Crippen molar-refractivity contribution in [1.82, 2.24) is 99.7 Å². The summed E-state index contributed by atoms with van der Waals surface area (Å²) in [6.07, 6.45) is 12.8. The molecule has 10 aromatic carbocycles. The molecular formula is C109H70N20. The summed E-state index contributed by atoms with van der Waals surface area (Å²) in [5.41, 5.74) is 31.8. The van der Waals surface area contributed by atoms with Gasteiger partial charge in [-0.25, -0.2) is 84.7 Å². The van der Waals surface area contributed by atoms with E-state index in [0.717, 1.165) is 171 Å². The maximum atomic E-state index is 5.01. The second-order valence-electron chi connectivity index (χ2n) is 31.0. The van der Waals surface area contributed by atoms with Crippen LogP contribution in [0.1, 0.15) is 33.4 Å². The smallest absolute Gasteiger partial charge is 0.182 e. The van der Waals surface area contributed by atoms with Crippen molar-refractivity contribution in [3.63, 3.8) is 0 Å². The fourth-order valence-corrected chi connectivity index (χ4v) is 16.6. The quantitative estimate of drug-likeness (QED) is 0.0924. The van der Waals surface area contributed by atoms with Gasteiger partial charge in [0.25, 0.3) is 0 Å². The van der Waals surface area contributed by atoms with Gasteiger partial charge >= 0.3 is 0 Å². The maximum absolute atomic E-state index is 5.01. The Morgan fingerprint density at radius 3 is 0.814 bits per heavy atom. The number of benzene rings is 10. The summed E-state index contributed by atoms with van der Waals surface area (Å²) in [6, 6.07) is 117. The molecule has 0 radical (unpaired) electrons. The summed E-state index contributed by atoms with van der Waals surface area (Å²) in [6.45, 7) is 0. The first-order valence-corrected chi connectivity index (χ1v) is 42.2. The molecule has 20 nitrogen and oxygen atoms in total. The van der Waals surface area contributed by atoms with Gasteiger partial charge in [-0.1, -0.05) is 285 Å². The van der Waals surface area contributed by atoms with Gasteiger partial charge in [0.1, 0.15) is 24.7 Å². The summed E-state index contributed by atoms with van der Waals surface area (Å²) in [5, 5.41) is 0. The first-order valence-electron chi connectivity index (χ1n) is 42.2. The lowest BCUT2D eigenvalue weighted by molar-refractivity contribution is 1.06. The van der Waals surface area contributed by atoms with E-state index in [1.807, 2.05) is 273 Å². The van der Waals surface area contributed by atoms with Crippen LogP contribution in [0.5, 0.6) is 0 Å². The van der Waals surface area contributed by atoms with Crippen LogP contribution in [0, 0.1) is 0 Å². The molecule has 0 aliphatic heterocycles. The van der Waals surface area contributed by atoms with Crippen LogP contribution >= 0.6 is 0 Å². The number of fused-ring (bicyclic) bond motifs is 9. The lowest BCUT2D eigenvalue weighted by Gasteiger charge is -2.10. The lowest BCUT2D eigenvalue weighted by Crippen LogP contribution is -2.02. The number of pyridine rings is 5. The first-order chi connectivity index (χ1) is 63.9. The van der Waals surface area contributed by atoms with Crippen molar-refractivity contribution in [3.8, 4) is 204 Å². The molecular weight excluding hydrogens is 1590 g/mol. The van der Waals surface area contributed by atoms with E-state index in [4.69, 9.17) is 69.8 Å². The van der Waals surface area contributed by atoms with E-state index in [1.54, 1.807) is 31.4 Å². The molecule has 11 aromatic heterocycles. The van der Waals surface area contributed by atoms with Gasteiger partial charge in [-0.05, 0) is 83.4 Å². The molecule has 0 amide bonds. The fourth-order valence-electron chi connectivity index (χ4n) is 16.6. The van der Waals surface area contributed by atoms with Crippen LogP contribution in [-0.2, 0) is 19.3 Å². The lowest BCUT2D eigenvalue weighted by atomic mass is 10.0. The molecule has 0 fully saturated rings. The fraction of sp³-hybridized carbons (Fsp3) is 0.0275. The number of nitrogens with zero attached hydrogens (tertiary/aromatic N) is 20. The van der Waals surface area contributed by atoms with Gasteiger partial charge in [0.05, 0.1) is 68.3 Å². The predicted octanol–water partition coefficient (Wildman–Crippen LogP) is 22.7. The van der Waals surface area contributed by atoms with Crippen molar-refractivity contribution in [2.24, 2.45) is 0 Å². The zero-order chi connectivity index (χ0) is 85.8. The predicted molar refractivity (Wildman–Crippen MR) is 501 cm³/mol. The van der Waals surface area contributed by atoms with Crippen LogP contribution < -0.4 is 0 Å². The summed E-state index contributed by atoms with van der Waals surface area (Å²) in [4.78, 5) is 95.6. The third-order valence-corrected chi connectivity index (χ3v) is 22.8. The highest BCUT2D eigenvalue weighted by molar-refractivity contribution is 5.86. The third kappa shape index (κ3) is 15.9. The van der Waals surface area contributed by atoms with Crippen LogP contribution in [0.4, 0.5) is 0 Å². The second kappa shape index (κ2) is 34.5. The molecule has 0 N–H and O–H groups in total. The Bertz CT molecular complexity index is 6890. The SMILES string of the molecule is c1ccc(-c2nc(-c3ccccc3)nc(-c3cccc(-c4cc(-c5ncnc6c5Cc5ccccc5-6)ccn4)c3)n2)cc1.c1ccc(-c2nc(-c3ccccc3)nc(-c3cccc(-c4cccc(-c5ncnc6c5Cc5ccccc5-6)n4)n3)n2)cc1.c1ccc(-c2nc(-c3ccccc3)nc(-c3ccnc(-c4cc(-c5ncnc6c5Cc5ccccc5-6)ccn4)c3)n2)cc1. The zero-order valence-corrected chi connectivity index (χ0v) is 69.0. The topological polar surface area (TPSA) is 258 Å². The minimum atomic E-state index is 0.497. The van der Waals surface area contributed by atoms with Crippen molar-refractivity contribution >= 4 is 0 Å². The molecule has 11 heterocycles. The Labute approximate surface area is 741 Å². The van der Waals surface area contributed by atoms with Gasteiger partial charge in [-0.3, -0.25) is 15.0 Å². The molecule has 129 heavy (non-hydrogen) atoms. The van der Waals surface area contributed by atoms with E-state index >= 15 is 0 Å². The van der Waals surface area contributed by atoms with Crippen molar-refractivity contribution in [2.75, 3.05) is 0 Å². The highest BCUT2D eigenvalue weighted by Crippen LogP contribution is 2.44. The molecule has 24 rings (SSSR count). The molecule has 20 heteroatoms. The Balaban J connectivity index is 0.000000114. The van der Waals surface area contributed by atoms with Crippen molar-refractivity contribution in [3.05, 3.63) is 423 Å². The van der Waals surface area contributed by atoms with Gasteiger partial charge in [0, 0.05) is 132 Å². The standard InChI is InChI=1S/C37H24N6.2C36H23N7/c1-3-10-24(11-4-1)35-41-36(25-12-5-2-6-13-25)43-37(42-35)29-16-9-15-27(20-29)32-22-28(18-19-38-32)33-31-21-26-14-7-8-17-30(26)34(31)40-23-39-33;1-3-11-23(12-4-1)34-41-35(24-13-5-2-6-14-24)43-36(42-34)31-20-10-18-29(40-31)28-17-9-19-30(39-28)33-27-21-25-15-7-8-16-26(25)32(27)37-22-38-33;1-3-9-23(10-4-1)34-41-35(24-11-5-2-6-12-24)43-36(42-34)27-16-18-38-31(21-27)30-20-26(15-17-37-30)32-29-19-25-13-7-8-14-28(25)33(29)40-22-39-32/h1-20,22-23H,21H2;1-20,22H,21H2;1-18,20-22H,19H2. The summed E-state index contributed by atoms with van der Waals surface area (Å²) in [5.74, 6) is 5.35. The minimum absolute atomic E-state index is 0.497. The molecule has 3 aliphatic carbocycles. The molecule has 21 aromatic rings. The molecule has 3 aliphatic rings. The van der Waals surface area contributed by atoms with Crippen LogP contribution in [0.15, 0.2) is 389 Å². The molecule has 0 spiro atoms. The molecule has 0 saturated carbocycles. The Morgan fingerprint density at radius 2 is 0.411 bits per heavy atom. The van der Waals surface area contributed by atoms with Crippen LogP contribution in [0.25, 0.3) is 204 Å². The van der Waals surface area contributed by atoms with Crippen LogP contribution in [0.2, 0.25) is 0 Å². The maximum Gasteiger partial charge on any atom is 0.182 e. The zero-order valence-electron chi connectivity index (χ0n) is 69.0. The van der Waals surface area contributed by atoms with Crippen molar-refractivity contribution < 1.29 is 0 Å². The van der Waals surface area contributed by atoms with E-state index in [2.05, 4.69) is 115 Å². The minimum Gasteiger partial charge on any atom is -0.256 e. The van der Waals surface area contributed by atoms with Crippen molar-refractivity contribution in [1.29, 1.82) is 0 Å². The largest absolute Gasteiger partial charge is 0.256 e. The van der Waals surface area contributed by atoms with Gasteiger partial charge < -0.3 is 0 Å². The second-order valence-corrected chi connectivity index (χ2v) is 31.0. The summed E-state index contributed by atoms with van der Waals surface area (Å²) < 4.78 is 0. The molecule has 0 saturated heterocycles. The van der Waals surface area contributed by atoms with Gasteiger partial charge in [-0.2, -0.15) is 0 Å². The Hall–Kier alpha value is -17.8. The summed E-state index contributed by atoms with van der Waals surface area (Å²) in [7, 11) is 0. The van der Waals surface area contributed by atoms with Crippen LogP contribution in [-0.4, -0.2) is 99.7 Å². The number of hydrogen-bond donors (Lipinski definition) is 0. The van der Waals surface area contributed by atoms with E-state index in [9.17, 15) is 0 Å². The molecule has 606 valence electrons. The molecule has 0 bridgehead atoms. The van der Waals surface area contributed by atoms with E-state index in [1.165, 1.54) is 27.8 Å². The number of aromatic nitrogens is 20. The van der Waals surface area contributed by atoms with Gasteiger partial charge in [0.15, 0.2) is 52.4 Å². The number of rotatable bonds is 15. The van der Waals surface area contributed by atoms with Gasteiger partial charge in [-0.15, -0.1) is 0 Å². The van der Waals surface area contributed by atoms with Gasteiger partial charge in [0.2, 0.25) is 0 Å². The normalized spacial score (nSPS) is 11.6. The van der Waals surface area contributed by atoms with E-state index in [-0.39, 0.29) is 0 Å². The Morgan fingerprint density at radius 1 is 0.147 bits per heavy atom. The number of hydrogen-bond acceptors (Lipinski definition) is 20.